The molecule has 0 N–H and O–H groups in total. The maximum absolute atomic E-state index is 2.51. The van der Waals surface area contributed by atoms with Gasteiger partial charge in [-0.15, -0.1) is 0 Å². The fourth-order valence-corrected chi connectivity index (χ4v) is 4.19. The van der Waals surface area contributed by atoms with Crippen molar-refractivity contribution >= 4 is 0 Å². The van der Waals surface area contributed by atoms with E-state index in [9.17, 15) is 0 Å². The third kappa shape index (κ3) is 4.00. The van der Waals surface area contributed by atoms with Crippen molar-refractivity contribution in [1.82, 2.24) is 0 Å². The van der Waals surface area contributed by atoms with Gasteiger partial charge in [0.25, 0.3) is 0 Å². The predicted octanol–water partition coefficient (Wildman–Crippen LogP) is 6.59. The molecule has 108 valence electrons. The molecule has 0 unspecified atom stereocenters. The number of rotatable bonds is 7. The molecule has 0 amide bonds. The standard InChI is InChI=1S/C18H36/c1-6-9-13-18(8-3)14-10-16(11-15-18)17(4,5)12-7-2/h16H,6-15H2,1-5H3. The predicted molar refractivity (Wildman–Crippen MR) is 82.9 cm³/mol. The first-order valence-corrected chi connectivity index (χ1v) is 8.49. The molecule has 0 bridgehead atoms. The highest BCUT2D eigenvalue weighted by Gasteiger charge is 2.38. The molecule has 0 heterocycles. The van der Waals surface area contributed by atoms with Crippen molar-refractivity contribution in [3.63, 3.8) is 0 Å². The zero-order chi connectivity index (χ0) is 13.6. The highest BCUT2D eigenvalue weighted by Crippen LogP contribution is 2.50. The molecule has 0 aliphatic heterocycles. The molecule has 0 heteroatoms. The molecule has 1 aliphatic rings. The van der Waals surface area contributed by atoms with Crippen molar-refractivity contribution in [3.05, 3.63) is 0 Å². The molecule has 0 aromatic carbocycles. The Bertz CT molecular complexity index is 218. The van der Waals surface area contributed by atoms with Crippen LogP contribution in [0.5, 0.6) is 0 Å². The summed E-state index contributed by atoms with van der Waals surface area (Å²) >= 11 is 0. The molecule has 1 saturated carbocycles. The van der Waals surface area contributed by atoms with E-state index < -0.39 is 0 Å². The number of hydrogen-bond acceptors (Lipinski definition) is 0. The number of unbranched alkanes of at least 4 members (excludes halogenated alkanes) is 1. The van der Waals surface area contributed by atoms with Crippen molar-refractivity contribution in [2.24, 2.45) is 16.7 Å². The van der Waals surface area contributed by atoms with Gasteiger partial charge in [0.15, 0.2) is 0 Å². The number of hydrogen-bond donors (Lipinski definition) is 0. The molecule has 0 aromatic heterocycles. The highest BCUT2D eigenvalue weighted by atomic mass is 14.4. The highest BCUT2D eigenvalue weighted by molar-refractivity contribution is 4.89. The lowest BCUT2D eigenvalue weighted by Gasteiger charge is -2.45. The largest absolute Gasteiger partial charge is 0.0654 e. The lowest BCUT2D eigenvalue weighted by molar-refractivity contribution is 0.0620. The third-order valence-corrected chi connectivity index (χ3v) is 5.86. The minimum atomic E-state index is 0.583. The van der Waals surface area contributed by atoms with Crippen molar-refractivity contribution in [3.8, 4) is 0 Å². The van der Waals surface area contributed by atoms with Crippen molar-refractivity contribution in [1.29, 1.82) is 0 Å². The van der Waals surface area contributed by atoms with Gasteiger partial charge in [-0.2, -0.15) is 0 Å². The van der Waals surface area contributed by atoms with Gasteiger partial charge in [-0.05, 0) is 55.3 Å². The molecule has 0 saturated heterocycles. The Morgan fingerprint density at radius 3 is 2.06 bits per heavy atom. The quantitative estimate of drug-likeness (QED) is 0.479. The molecule has 1 fully saturated rings. The summed E-state index contributed by atoms with van der Waals surface area (Å²) in [5.41, 5.74) is 1.30. The molecule has 0 spiro atoms. The average Bonchev–Trinajstić information content (AvgIpc) is 2.37. The first-order valence-electron chi connectivity index (χ1n) is 8.49. The summed E-state index contributed by atoms with van der Waals surface area (Å²) in [4.78, 5) is 0. The second-order valence-corrected chi connectivity index (χ2v) is 7.47. The summed E-state index contributed by atoms with van der Waals surface area (Å²) in [7, 11) is 0. The Balaban J connectivity index is 2.52. The summed E-state index contributed by atoms with van der Waals surface area (Å²) < 4.78 is 0. The van der Waals surface area contributed by atoms with Gasteiger partial charge in [0.1, 0.15) is 0 Å². The van der Waals surface area contributed by atoms with Crippen LogP contribution in [0.25, 0.3) is 0 Å². The normalized spacial score (nSPS) is 29.5. The Morgan fingerprint density at radius 1 is 1.00 bits per heavy atom. The van der Waals surface area contributed by atoms with Gasteiger partial charge in [0.05, 0.1) is 0 Å². The minimum Gasteiger partial charge on any atom is -0.0654 e. The van der Waals surface area contributed by atoms with Crippen LogP contribution in [0.3, 0.4) is 0 Å². The summed E-state index contributed by atoms with van der Waals surface area (Å²) in [5.74, 6) is 0.985. The van der Waals surface area contributed by atoms with Crippen LogP contribution in [-0.2, 0) is 0 Å². The van der Waals surface area contributed by atoms with Crippen LogP contribution < -0.4 is 0 Å². The Hall–Kier alpha value is 0. The minimum absolute atomic E-state index is 0.583. The SMILES string of the molecule is CCCCC1(CC)CCC(C(C)(C)CCC)CC1. The zero-order valence-electron chi connectivity index (χ0n) is 13.6. The van der Waals surface area contributed by atoms with E-state index in [4.69, 9.17) is 0 Å². The Labute approximate surface area is 116 Å². The van der Waals surface area contributed by atoms with E-state index >= 15 is 0 Å². The average molecular weight is 252 g/mol. The van der Waals surface area contributed by atoms with E-state index in [1.165, 1.54) is 64.2 Å². The van der Waals surface area contributed by atoms with Crippen molar-refractivity contribution < 1.29 is 0 Å². The molecule has 1 rings (SSSR count). The molecular weight excluding hydrogens is 216 g/mol. The molecule has 0 aromatic rings. The molecule has 18 heavy (non-hydrogen) atoms. The van der Waals surface area contributed by atoms with E-state index in [2.05, 4.69) is 34.6 Å². The smallest absolute Gasteiger partial charge is 0.0300 e. The first kappa shape index (κ1) is 16.1. The topological polar surface area (TPSA) is 0 Å². The fraction of sp³-hybridized carbons (Fsp3) is 1.00. The van der Waals surface area contributed by atoms with E-state index in [1.807, 2.05) is 0 Å². The van der Waals surface area contributed by atoms with Crippen LogP contribution in [-0.4, -0.2) is 0 Å². The van der Waals surface area contributed by atoms with Crippen LogP contribution in [0.2, 0.25) is 0 Å². The van der Waals surface area contributed by atoms with Gasteiger partial charge < -0.3 is 0 Å². The van der Waals surface area contributed by atoms with Gasteiger partial charge in [0.2, 0.25) is 0 Å². The van der Waals surface area contributed by atoms with Gasteiger partial charge in [0, 0.05) is 0 Å². The maximum atomic E-state index is 2.51. The van der Waals surface area contributed by atoms with Crippen LogP contribution >= 0.6 is 0 Å². The van der Waals surface area contributed by atoms with Crippen LogP contribution in [0, 0.1) is 16.7 Å². The van der Waals surface area contributed by atoms with Crippen molar-refractivity contribution in [2.45, 2.75) is 98.8 Å². The van der Waals surface area contributed by atoms with Gasteiger partial charge >= 0.3 is 0 Å². The van der Waals surface area contributed by atoms with Crippen molar-refractivity contribution in [2.75, 3.05) is 0 Å². The lowest BCUT2D eigenvalue weighted by atomic mass is 9.60. The van der Waals surface area contributed by atoms with Gasteiger partial charge in [-0.3, -0.25) is 0 Å². The summed E-state index contributed by atoms with van der Waals surface area (Å²) in [6.07, 6.45) is 14.4. The monoisotopic (exact) mass is 252 g/mol. The van der Waals surface area contributed by atoms with Crippen LogP contribution in [0.4, 0.5) is 0 Å². The zero-order valence-corrected chi connectivity index (χ0v) is 13.6. The molecule has 0 atom stereocenters. The van der Waals surface area contributed by atoms with E-state index in [0.717, 1.165) is 11.3 Å². The van der Waals surface area contributed by atoms with E-state index in [-0.39, 0.29) is 0 Å². The van der Waals surface area contributed by atoms with Gasteiger partial charge in [-0.25, -0.2) is 0 Å². The second kappa shape index (κ2) is 6.96. The Kier molecular flexibility index (Phi) is 6.21. The first-order chi connectivity index (χ1) is 8.49. The molecule has 0 radical (unpaired) electrons. The Morgan fingerprint density at radius 2 is 1.61 bits per heavy atom. The van der Waals surface area contributed by atoms with Gasteiger partial charge in [-0.1, -0.05) is 60.3 Å². The van der Waals surface area contributed by atoms with E-state index in [1.54, 1.807) is 0 Å². The summed E-state index contributed by atoms with van der Waals surface area (Å²) in [6, 6.07) is 0. The second-order valence-electron chi connectivity index (χ2n) is 7.47. The molecule has 0 nitrogen and oxygen atoms in total. The lowest BCUT2D eigenvalue weighted by Crippen LogP contribution is -2.33. The van der Waals surface area contributed by atoms with Crippen LogP contribution in [0.1, 0.15) is 98.8 Å². The fourth-order valence-electron chi connectivity index (χ4n) is 4.19. The van der Waals surface area contributed by atoms with Crippen LogP contribution in [0.15, 0.2) is 0 Å². The third-order valence-electron chi connectivity index (χ3n) is 5.86. The molecule has 1 aliphatic carbocycles. The summed E-state index contributed by atoms with van der Waals surface area (Å²) in [5, 5.41) is 0. The summed E-state index contributed by atoms with van der Waals surface area (Å²) in [6.45, 7) is 12.1. The van der Waals surface area contributed by atoms with E-state index in [0.29, 0.717) is 5.41 Å². The molecular formula is C18H36. The maximum Gasteiger partial charge on any atom is -0.0300 e.